The molecule has 1 atom stereocenters. The molecule has 0 saturated carbocycles. The van der Waals surface area contributed by atoms with Gasteiger partial charge in [-0.1, -0.05) is 6.07 Å². The van der Waals surface area contributed by atoms with Crippen molar-refractivity contribution in [3.63, 3.8) is 0 Å². The van der Waals surface area contributed by atoms with Crippen molar-refractivity contribution in [2.45, 2.75) is 37.9 Å². The van der Waals surface area contributed by atoms with Crippen molar-refractivity contribution >= 4 is 0 Å². The van der Waals surface area contributed by atoms with E-state index in [2.05, 4.69) is 5.32 Å². The lowest BCUT2D eigenvalue weighted by Crippen LogP contribution is -2.22. The zero-order valence-electron chi connectivity index (χ0n) is 9.93. The molecule has 0 heterocycles. The van der Waals surface area contributed by atoms with Crippen LogP contribution in [0.2, 0.25) is 0 Å². The summed E-state index contributed by atoms with van der Waals surface area (Å²) in [5.74, 6) is 0.242. The number of aryl methyl sites for hydroxylation is 1. The number of halogens is 3. The van der Waals surface area contributed by atoms with E-state index in [0.717, 1.165) is 24.0 Å². The lowest BCUT2D eigenvalue weighted by molar-refractivity contribution is -0.135. The van der Waals surface area contributed by atoms with E-state index in [-0.39, 0.29) is 18.2 Å². The van der Waals surface area contributed by atoms with E-state index >= 15 is 0 Å². The number of hydrogen-bond donors (Lipinski definition) is 2. The van der Waals surface area contributed by atoms with Gasteiger partial charge in [-0.05, 0) is 49.1 Å². The molecule has 18 heavy (non-hydrogen) atoms. The first kappa shape index (κ1) is 13.2. The normalized spacial score (nSPS) is 18.9. The predicted molar refractivity (Wildman–Crippen MR) is 62.5 cm³/mol. The Balaban J connectivity index is 1.83. The topological polar surface area (TPSA) is 32.3 Å². The number of phenolic OH excluding ortho intramolecular Hbond substituents is 1. The standard InChI is InChI=1S/C13H16F3NO/c14-13(15,16)6-1-7-17-12-5-2-9-8-10(18)3-4-11(9)12/h3-4,8,12,17-18H,1-2,5-7H2. The van der Waals surface area contributed by atoms with Crippen molar-refractivity contribution in [3.8, 4) is 5.75 Å². The highest BCUT2D eigenvalue weighted by Crippen LogP contribution is 2.33. The number of nitrogens with one attached hydrogen (secondary N) is 1. The summed E-state index contributed by atoms with van der Waals surface area (Å²) in [7, 11) is 0. The number of fused-ring (bicyclic) bond motifs is 1. The molecule has 1 unspecified atom stereocenters. The van der Waals surface area contributed by atoms with E-state index in [1.807, 2.05) is 6.07 Å². The van der Waals surface area contributed by atoms with E-state index in [1.54, 1.807) is 12.1 Å². The second-order valence-corrected chi connectivity index (χ2v) is 4.65. The molecule has 2 nitrogen and oxygen atoms in total. The number of rotatable bonds is 4. The van der Waals surface area contributed by atoms with Crippen LogP contribution in [0.15, 0.2) is 18.2 Å². The van der Waals surface area contributed by atoms with Gasteiger partial charge in [0.05, 0.1) is 0 Å². The molecule has 0 amide bonds. The largest absolute Gasteiger partial charge is 0.508 e. The zero-order chi connectivity index (χ0) is 13.2. The van der Waals surface area contributed by atoms with Gasteiger partial charge in [-0.3, -0.25) is 0 Å². The summed E-state index contributed by atoms with van der Waals surface area (Å²) in [5.41, 5.74) is 2.18. The molecular formula is C13H16F3NO. The summed E-state index contributed by atoms with van der Waals surface area (Å²) in [6.45, 7) is 0.366. The first-order chi connectivity index (χ1) is 8.46. The summed E-state index contributed by atoms with van der Waals surface area (Å²) in [4.78, 5) is 0. The summed E-state index contributed by atoms with van der Waals surface area (Å²) in [6.07, 6.45) is -2.96. The molecule has 100 valence electrons. The molecule has 2 rings (SSSR count). The fourth-order valence-corrected chi connectivity index (χ4v) is 2.38. The zero-order valence-corrected chi connectivity index (χ0v) is 9.93. The maximum atomic E-state index is 12.0. The number of benzene rings is 1. The minimum absolute atomic E-state index is 0.105. The van der Waals surface area contributed by atoms with E-state index in [9.17, 15) is 18.3 Å². The number of alkyl halides is 3. The lowest BCUT2D eigenvalue weighted by atomic mass is 10.1. The minimum Gasteiger partial charge on any atom is -0.508 e. The summed E-state index contributed by atoms with van der Waals surface area (Å²) in [6, 6.07) is 5.31. The van der Waals surface area contributed by atoms with Crippen LogP contribution in [0.1, 0.15) is 36.4 Å². The van der Waals surface area contributed by atoms with Gasteiger partial charge in [0.15, 0.2) is 0 Å². The molecule has 0 aliphatic heterocycles. The van der Waals surface area contributed by atoms with Crippen molar-refractivity contribution in [2.75, 3.05) is 6.54 Å². The maximum absolute atomic E-state index is 12.0. The SMILES string of the molecule is Oc1ccc2c(c1)CCC2NCCCC(F)(F)F. The van der Waals surface area contributed by atoms with Crippen molar-refractivity contribution in [3.05, 3.63) is 29.3 Å². The first-order valence-electron chi connectivity index (χ1n) is 6.07. The molecule has 5 heteroatoms. The quantitative estimate of drug-likeness (QED) is 0.813. The van der Waals surface area contributed by atoms with Crippen molar-refractivity contribution in [2.24, 2.45) is 0 Å². The van der Waals surface area contributed by atoms with Crippen LogP contribution in [-0.4, -0.2) is 17.8 Å². The van der Waals surface area contributed by atoms with E-state index in [0.29, 0.717) is 6.54 Å². The summed E-state index contributed by atoms with van der Waals surface area (Å²) >= 11 is 0. The fraction of sp³-hybridized carbons (Fsp3) is 0.538. The van der Waals surface area contributed by atoms with Gasteiger partial charge in [-0.2, -0.15) is 13.2 Å². The Morgan fingerprint density at radius 2 is 2.11 bits per heavy atom. The average Bonchev–Trinajstić information content (AvgIpc) is 2.65. The predicted octanol–water partition coefficient (Wildman–Crippen LogP) is 3.31. The van der Waals surface area contributed by atoms with Gasteiger partial charge in [0, 0.05) is 12.5 Å². The van der Waals surface area contributed by atoms with Crippen LogP contribution in [0.25, 0.3) is 0 Å². The smallest absolute Gasteiger partial charge is 0.389 e. The lowest BCUT2D eigenvalue weighted by Gasteiger charge is -2.14. The fourth-order valence-electron chi connectivity index (χ4n) is 2.38. The van der Waals surface area contributed by atoms with Crippen molar-refractivity contribution in [1.29, 1.82) is 0 Å². The molecule has 0 saturated heterocycles. The third-order valence-electron chi connectivity index (χ3n) is 3.23. The molecule has 1 aromatic rings. The highest BCUT2D eigenvalue weighted by molar-refractivity contribution is 5.39. The maximum Gasteiger partial charge on any atom is 0.389 e. The third-order valence-corrected chi connectivity index (χ3v) is 3.23. The molecule has 1 aliphatic rings. The first-order valence-corrected chi connectivity index (χ1v) is 6.07. The van der Waals surface area contributed by atoms with E-state index in [4.69, 9.17) is 0 Å². The highest BCUT2D eigenvalue weighted by Gasteiger charge is 2.27. The molecule has 1 aromatic carbocycles. The number of aromatic hydroxyl groups is 1. The molecule has 0 radical (unpaired) electrons. The van der Waals surface area contributed by atoms with E-state index in [1.165, 1.54) is 0 Å². The molecule has 0 aromatic heterocycles. The van der Waals surface area contributed by atoms with Crippen molar-refractivity contribution in [1.82, 2.24) is 5.32 Å². The molecule has 2 N–H and O–H groups in total. The second kappa shape index (κ2) is 5.18. The van der Waals surface area contributed by atoms with Gasteiger partial charge in [-0.25, -0.2) is 0 Å². The second-order valence-electron chi connectivity index (χ2n) is 4.65. The monoisotopic (exact) mass is 259 g/mol. The Hall–Kier alpha value is -1.23. The van der Waals surface area contributed by atoms with Gasteiger partial charge in [0.2, 0.25) is 0 Å². The molecule has 0 fully saturated rings. The van der Waals surface area contributed by atoms with Crippen LogP contribution in [0, 0.1) is 0 Å². The molecule has 0 bridgehead atoms. The Labute approximate surface area is 104 Å². The number of hydrogen-bond acceptors (Lipinski definition) is 2. The van der Waals surface area contributed by atoms with Crippen LogP contribution < -0.4 is 5.32 Å². The van der Waals surface area contributed by atoms with Gasteiger partial charge >= 0.3 is 6.18 Å². The Morgan fingerprint density at radius 3 is 2.83 bits per heavy atom. The molecule has 0 spiro atoms. The van der Waals surface area contributed by atoms with Gasteiger partial charge in [-0.15, -0.1) is 0 Å². The van der Waals surface area contributed by atoms with Crippen LogP contribution >= 0.6 is 0 Å². The van der Waals surface area contributed by atoms with Gasteiger partial charge in [0.25, 0.3) is 0 Å². The average molecular weight is 259 g/mol. The van der Waals surface area contributed by atoms with Crippen LogP contribution in [0.5, 0.6) is 5.75 Å². The van der Waals surface area contributed by atoms with Crippen LogP contribution in [0.4, 0.5) is 13.2 Å². The third kappa shape index (κ3) is 3.38. The van der Waals surface area contributed by atoms with Crippen molar-refractivity contribution < 1.29 is 18.3 Å². The molecule has 1 aliphatic carbocycles. The van der Waals surface area contributed by atoms with Gasteiger partial charge < -0.3 is 10.4 Å². The highest BCUT2D eigenvalue weighted by atomic mass is 19.4. The van der Waals surface area contributed by atoms with Crippen LogP contribution in [0.3, 0.4) is 0 Å². The van der Waals surface area contributed by atoms with Crippen LogP contribution in [-0.2, 0) is 6.42 Å². The van der Waals surface area contributed by atoms with E-state index < -0.39 is 12.6 Å². The molecular weight excluding hydrogens is 243 g/mol. The van der Waals surface area contributed by atoms with Gasteiger partial charge in [0.1, 0.15) is 5.75 Å². The Bertz CT molecular complexity index is 417. The summed E-state index contributed by atoms with van der Waals surface area (Å²) in [5, 5.41) is 12.5. The number of phenols is 1. The Kier molecular flexibility index (Phi) is 3.80. The minimum atomic E-state index is -4.07. The Morgan fingerprint density at radius 1 is 1.33 bits per heavy atom. The summed E-state index contributed by atoms with van der Waals surface area (Å²) < 4.78 is 36.0.